The molecule has 1 aromatic heterocycles. The monoisotopic (exact) mass is 395 g/mol. The fraction of sp³-hybridized carbons (Fsp3) is 0.526. The number of hydrogen-bond donors (Lipinski definition) is 2. The Bertz CT molecular complexity index is 728. The van der Waals surface area contributed by atoms with E-state index in [4.69, 9.17) is 10.5 Å². The minimum Gasteiger partial charge on any atom is -0.491 e. The molecule has 7 nitrogen and oxygen atoms in total. The number of halogens is 1. The molecule has 1 amide bonds. The van der Waals surface area contributed by atoms with Crippen LogP contribution in [0.25, 0.3) is 5.69 Å². The molecule has 2 rings (SSSR count). The van der Waals surface area contributed by atoms with Gasteiger partial charge in [0.2, 0.25) is 0 Å². The molecule has 1 unspecified atom stereocenters. The van der Waals surface area contributed by atoms with Gasteiger partial charge in [0.15, 0.2) is 5.69 Å². The molecule has 0 saturated heterocycles. The summed E-state index contributed by atoms with van der Waals surface area (Å²) < 4.78 is 7.29. The SMILES string of the molecule is Cc1c(C(=O)NC(CN)CC(C)C)nnn1-c1ccc(OC(C)C)cc1.Cl. The number of hydrogen-bond acceptors (Lipinski definition) is 5. The number of ether oxygens (including phenoxy) is 1. The lowest BCUT2D eigenvalue weighted by atomic mass is 10.0. The lowest BCUT2D eigenvalue weighted by Gasteiger charge is -2.18. The molecule has 0 aliphatic carbocycles. The summed E-state index contributed by atoms with van der Waals surface area (Å²) in [6.45, 7) is 10.4. The van der Waals surface area contributed by atoms with Crippen LogP contribution in [-0.2, 0) is 0 Å². The number of nitrogens with one attached hydrogen (secondary N) is 1. The molecule has 0 radical (unpaired) electrons. The summed E-state index contributed by atoms with van der Waals surface area (Å²) >= 11 is 0. The summed E-state index contributed by atoms with van der Waals surface area (Å²) in [5.74, 6) is 0.996. The highest BCUT2D eigenvalue weighted by molar-refractivity contribution is 5.93. The number of benzene rings is 1. The van der Waals surface area contributed by atoms with E-state index in [1.54, 1.807) is 4.68 Å². The lowest BCUT2D eigenvalue weighted by molar-refractivity contribution is 0.0928. The summed E-state index contributed by atoms with van der Waals surface area (Å²) in [4.78, 5) is 12.5. The molecule has 27 heavy (non-hydrogen) atoms. The van der Waals surface area contributed by atoms with Crippen LogP contribution in [0.15, 0.2) is 24.3 Å². The van der Waals surface area contributed by atoms with Crippen molar-refractivity contribution in [1.29, 1.82) is 0 Å². The quantitative estimate of drug-likeness (QED) is 0.716. The van der Waals surface area contributed by atoms with E-state index in [-0.39, 0.29) is 30.5 Å². The fourth-order valence-corrected chi connectivity index (χ4v) is 2.76. The van der Waals surface area contributed by atoms with Gasteiger partial charge in [-0.05, 0) is 57.4 Å². The van der Waals surface area contributed by atoms with Crippen LogP contribution in [0.3, 0.4) is 0 Å². The third-order valence-corrected chi connectivity index (χ3v) is 3.94. The maximum Gasteiger partial charge on any atom is 0.274 e. The molecule has 0 fully saturated rings. The zero-order valence-electron chi connectivity index (χ0n) is 16.6. The van der Waals surface area contributed by atoms with Gasteiger partial charge in [-0.3, -0.25) is 4.79 Å². The van der Waals surface area contributed by atoms with Crippen molar-refractivity contribution >= 4 is 18.3 Å². The predicted octanol–water partition coefficient (Wildman–Crippen LogP) is 2.89. The summed E-state index contributed by atoms with van der Waals surface area (Å²) in [6, 6.07) is 7.47. The highest BCUT2D eigenvalue weighted by atomic mass is 35.5. The number of carbonyl (C=O) groups excluding carboxylic acids is 1. The lowest BCUT2D eigenvalue weighted by Crippen LogP contribution is -2.41. The Morgan fingerprint density at radius 3 is 2.37 bits per heavy atom. The van der Waals surface area contributed by atoms with Crippen molar-refractivity contribution in [2.24, 2.45) is 11.7 Å². The third kappa shape index (κ3) is 6.22. The van der Waals surface area contributed by atoms with E-state index >= 15 is 0 Å². The van der Waals surface area contributed by atoms with E-state index in [9.17, 15) is 4.79 Å². The van der Waals surface area contributed by atoms with Crippen molar-refractivity contribution < 1.29 is 9.53 Å². The van der Waals surface area contributed by atoms with E-state index in [2.05, 4.69) is 29.5 Å². The number of nitrogens with zero attached hydrogens (tertiary/aromatic N) is 3. The Balaban J connectivity index is 0.00000364. The average Bonchev–Trinajstić information content (AvgIpc) is 2.95. The fourth-order valence-electron chi connectivity index (χ4n) is 2.76. The van der Waals surface area contributed by atoms with Crippen LogP contribution in [0.5, 0.6) is 5.75 Å². The molecule has 1 heterocycles. The third-order valence-electron chi connectivity index (χ3n) is 3.94. The number of amides is 1. The van der Waals surface area contributed by atoms with Gasteiger partial charge in [0.05, 0.1) is 17.5 Å². The summed E-state index contributed by atoms with van der Waals surface area (Å²) in [5, 5.41) is 11.1. The molecule has 0 aliphatic rings. The van der Waals surface area contributed by atoms with Gasteiger partial charge in [-0.15, -0.1) is 17.5 Å². The number of nitrogens with two attached hydrogens (primary N) is 1. The number of rotatable bonds is 8. The molecule has 150 valence electrons. The maximum absolute atomic E-state index is 12.5. The van der Waals surface area contributed by atoms with Crippen molar-refractivity contribution in [3.63, 3.8) is 0 Å². The van der Waals surface area contributed by atoms with E-state index in [0.717, 1.165) is 17.9 Å². The topological polar surface area (TPSA) is 95.1 Å². The van der Waals surface area contributed by atoms with Gasteiger partial charge in [0.1, 0.15) is 5.75 Å². The van der Waals surface area contributed by atoms with Gasteiger partial charge in [0, 0.05) is 12.6 Å². The average molecular weight is 396 g/mol. The zero-order chi connectivity index (χ0) is 19.3. The van der Waals surface area contributed by atoms with Crippen LogP contribution in [0.1, 0.15) is 50.3 Å². The second-order valence-corrected chi connectivity index (χ2v) is 7.13. The first-order valence-electron chi connectivity index (χ1n) is 9.02. The first-order valence-corrected chi connectivity index (χ1v) is 9.02. The van der Waals surface area contributed by atoms with Crippen LogP contribution in [0.2, 0.25) is 0 Å². The highest BCUT2D eigenvalue weighted by Gasteiger charge is 2.20. The second-order valence-electron chi connectivity index (χ2n) is 7.13. The molecule has 1 aromatic carbocycles. The predicted molar refractivity (Wildman–Crippen MR) is 109 cm³/mol. The standard InChI is InChI=1S/C19H29N5O2.ClH/c1-12(2)10-15(11-20)21-19(25)18-14(5)24(23-22-18)16-6-8-17(9-7-16)26-13(3)4;/h6-9,12-13,15H,10-11,20H2,1-5H3,(H,21,25);1H. The zero-order valence-corrected chi connectivity index (χ0v) is 17.4. The number of carbonyl (C=O) groups is 1. The highest BCUT2D eigenvalue weighted by Crippen LogP contribution is 2.18. The van der Waals surface area contributed by atoms with E-state index < -0.39 is 0 Å². The van der Waals surface area contributed by atoms with Gasteiger partial charge in [0.25, 0.3) is 5.91 Å². The summed E-state index contributed by atoms with van der Waals surface area (Å²) in [5.41, 5.74) is 7.58. The molecule has 2 aromatic rings. The Morgan fingerprint density at radius 1 is 1.22 bits per heavy atom. The van der Waals surface area contributed by atoms with Crippen molar-refractivity contribution in [3.05, 3.63) is 35.7 Å². The molecule has 0 bridgehead atoms. The van der Waals surface area contributed by atoms with Crippen molar-refractivity contribution in [2.45, 2.75) is 53.2 Å². The molecule has 0 aliphatic heterocycles. The first-order chi connectivity index (χ1) is 12.3. The van der Waals surface area contributed by atoms with Crippen LogP contribution in [-0.4, -0.2) is 39.6 Å². The van der Waals surface area contributed by atoms with Crippen molar-refractivity contribution in [2.75, 3.05) is 6.54 Å². The molecule has 0 saturated carbocycles. The Kier molecular flexibility index (Phi) is 8.72. The summed E-state index contributed by atoms with van der Waals surface area (Å²) in [7, 11) is 0. The van der Waals surface area contributed by atoms with Crippen LogP contribution < -0.4 is 15.8 Å². The minimum atomic E-state index is -0.246. The van der Waals surface area contributed by atoms with Crippen LogP contribution >= 0.6 is 12.4 Å². The van der Waals surface area contributed by atoms with Gasteiger partial charge in [-0.1, -0.05) is 19.1 Å². The first kappa shape index (κ1) is 22.9. The Hall–Kier alpha value is -2.12. The molecule has 1 atom stereocenters. The van der Waals surface area contributed by atoms with E-state index in [1.807, 2.05) is 45.0 Å². The normalized spacial score (nSPS) is 12.0. The second kappa shape index (κ2) is 10.3. The molecule has 8 heteroatoms. The Morgan fingerprint density at radius 2 is 1.85 bits per heavy atom. The van der Waals surface area contributed by atoms with Gasteiger partial charge in [-0.2, -0.15) is 0 Å². The molecular formula is C19H30ClN5O2. The van der Waals surface area contributed by atoms with Crippen molar-refractivity contribution in [3.8, 4) is 11.4 Å². The Labute approximate surface area is 167 Å². The molecule has 0 spiro atoms. The maximum atomic E-state index is 12.5. The minimum absolute atomic E-state index is 0. The molecule has 3 N–H and O–H groups in total. The van der Waals surface area contributed by atoms with Gasteiger partial charge in [-0.25, -0.2) is 4.68 Å². The van der Waals surface area contributed by atoms with E-state index in [0.29, 0.717) is 23.9 Å². The van der Waals surface area contributed by atoms with Crippen molar-refractivity contribution in [1.82, 2.24) is 20.3 Å². The van der Waals surface area contributed by atoms with Crippen LogP contribution in [0, 0.1) is 12.8 Å². The van der Waals surface area contributed by atoms with E-state index in [1.165, 1.54) is 0 Å². The molecular weight excluding hydrogens is 366 g/mol. The number of aromatic nitrogens is 3. The summed E-state index contributed by atoms with van der Waals surface area (Å²) in [6.07, 6.45) is 0.942. The largest absolute Gasteiger partial charge is 0.491 e. The van der Waals surface area contributed by atoms with Gasteiger partial charge < -0.3 is 15.8 Å². The van der Waals surface area contributed by atoms with Crippen LogP contribution in [0.4, 0.5) is 0 Å². The smallest absolute Gasteiger partial charge is 0.274 e. The van der Waals surface area contributed by atoms with Gasteiger partial charge >= 0.3 is 0 Å².